The summed E-state index contributed by atoms with van der Waals surface area (Å²) in [6.45, 7) is 2.36. The summed E-state index contributed by atoms with van der Waals surface area (Å²) >= 11 is 6.18. The molecule has 2 aromatic carbocycles. The Hall–Kier alpha value is -2.62. The third-order valence-electron chi connectivity index (χ3n) is 5.22. The zero-order chi connectivity index (χ0) is 23.3. The number of nitrogens with one attached hydrogen (secondary N) is 2. The minimum atomic E-state index is -3.69. The highest BCUT2D eigenvalue weighted by molar-refractivity contribution is 7.89. The second-order valence-corrected chi connectivity index (χ2v) is 9.78. The van der Waals surface area contributed by atoms with Crippen LogP contribution in [0.3, 0.4) is 0 Å². The molecule has 0 saturated carbocycles. The molecule has 1 amide bonds. The summed E-state index contributed by atoms with van der Waals surface area (Å²) in [5.74, 6) is -1.29. The molecule has 2 N–H and O–H groups in total. The maximum atomic E-state index is 12.9. The number of nitrogens with zero attached hydrogens (tertiary/aromatic N) is 1. The van der Waals surface area contributed by atoms with Crippen molar-refractivity contribution in [2.24, 2.45) is 0 Å². The first kappa shape index (κ1) is 24.0. The first-order valence-electron chi connectivity index (χ1n) is 10.3. The summed E-state index contributed by atoms with van der Waals surface area (Å²) < 4.78 is 32.6. The number of halogens is 1. The van der Waals surface area contributed by atoms with Crippen LogP contribution < -0.4 is 10.6 Å². The van der Waals surface area contributed by atoms with Crippen molar-refractivity contribution in [3.05, 3.63) is 53.1 Å². The number of carbonyl (C=O) groups excluding carboxylic acids is 2. The number of carbonyl (C=O) groups is 2. The summed E-state index contributed by atoms with van der Waals surface area (Å²) in [6.07, 6.45) is 1.50. The molecule has 2 aromatic rings. The number of piperidine rings is 1. The second kappa shape index (κ2) is 10.3. The molecule has 1 fully saturated rings. The number of rotatable bonds is 7. The number of hydrogen-bond donors (Lipinski definition) is 2. The van der Waals surface area contributed by atoms with Gasteiger partial charge < -0.3 is 15.4 Å². The lowest BCUT2D eigenvalue weighted by Gasteiger charge is -2.26. The lowest BCUT2D eigenvalue weighted by molar-refractivity contribution is -0.123. The average Bonchev–Trinajstić information content (AvgIpc) is 2.80. The number of sulfonamides is 1. The number of para-hydroxylation sites is 1. The van der Waals surface area contributed by atoms with Crippen molar-refractivity contribution < 1.29 is 22.7 Å². The second-order valence-electron chi connectivity index (χ2n) is 7.44. The molecular weight excluding hydrogens is 454 g/mol. The fourth-order valence-corrected chi connectivity index (χ4v) is 5.11. The third kappa shape index (κ3) is 5.40. The molecule has 3 rings (SSSR count). The van der Waals surface area contributed by atoms with E-state index in [4.69, 9.17) is 16.3 Å². The van der Waals surface area contributed by atoms with E-state index in [1.165, 1.54) is 29.4 Å². The van der Waals surface area contributed by atoms with E-state index in [1.54, 1.807) is 31.3 Å². The molecule has 0 radical (unpaired) electrons. The SMILES string of the molecule is CNc1ccccc1C(=O)O[C@@H](C)C(=O)Nc1cc(S(=O)(=O)N2CCCCC2)ccc1Cl. The first-order chi connectivity index (χ1) is 15.2. The van der Waals surface area contributed by atoms with Gasteiger partial charge in [-0.2, -0.15) is 4.31 Å². The fourth-order valence-electron chi connectivity index (χ4n) is 3.41. The van der Waals surface area contributed by atoms with Gasteiger partial charge in [-0.1, -0.05) is 30.2 Å². The average molecular weight is 480 g/mol. The molecule has 0 spiro atoms. The summed E-state index contributed by atoms with van der Waals surface area (Å²) in [4.78, 5) is 25.1. The van der Waals surface area contributed by atoms with Crippen molar-refractivity contribution in [2.45, 2.75) is 37.2 Å². The van der Waals surface area contributed by atoms with Gasteiger partial charge in [-0.3, -0.25) is 4.79 Å². The summed E-state index contributed by atoms with van der Waals surface area (Å²) in [5, 5.41) is 5.63. The lowest BCUT2D eigenvalue weighted by Crippen LogP contribution is -2.35. The number of anilines is 2. The van der Waals surface area contributed by atoms with Crippen LogP contribution in [0.2, 0.25) is 5.02 Å². The molecule has 172 valence electrons. The van der Waals surface area contributed by atoms with E-state index >= 15 is 0 Å². The Morgan fingerprint density at radius 3 is 2.44 bits per heavy atom. The van der Waals surface area contributed by atoms with Crippen molar-refractivity contribution in [1.82, 2.24) is 4.31 Å². The molecule has 1 atom stereocenters. The molecular formula is C22H26ClN3O5S. The van der Waals surface area contributed by atoms with Gasteiger partial charge in [0, 0.05) is 25.8 Å². The predicted molar refractivity (Wildman–Crippen MR) is 124 cm³/mol. The predicted octanol–water partition coefficient (Wildman–Crippen LogP) is 3.74. The Morgan fingerprint density at radius 1 is 1.06 bits per heavy atom. The molecule has 1 aliphatic rings. The van der Waals surface area contributed by atoms with Crippen LogP contribution in [0.5, 0.6) is 0 Å². The van der Waals surface area contributed by atoms with Crippen molar-refractivity contribution in [2.75, 3.05) is 30.8 Å². The van der Waals surface area contributed by atoms with Crippen molar-refractivity contribution in [1.29, 1.82) is 0 Å². The van der Waals surface area contributed by atoms with Gasteiger partial charge in [0.05, 0.1) is 21.2 Å². The Balaban J connectivity index is 1.73. The van der Waals surface area contributed by atoms with E-state index in [0.717, 1.165) is 19.3 Å². The van der Waals surface area contributed by atoms with E-state index in [9.17, 15) is 18.0 Å². The Labute approximate surface area is 192 Å². The van der Waals surface area contributed by atoms with Gasteiger partial charge in [-0.15, -0.1) is 0 Å². The molecule has 1 heterocycles. The van der Waals surface area contributed by atoms with E-state index in [0.29, 0.717) is 24.3 Å². The van der Waals surface area contributed by atoms with Crippen LogP contribution >= 0.6 is 11.6 Å². The molecule has 8 nitrogen and oxygen atoms in total. The van der Waals surface area contributed by atoms with Crippen LogP contribution in [0.4, 0.5) is 11.4 Å². The van der Waals surface area contributed by atoms with Crippen LogP contribution in [-0.4, -0.2) is 50.8 Å². The van der Waals surface area contributed by atoms with E-state index in [-0.39, 0.29) is 15.6 Å². The van der Waals surface area contributed by atoms with Crippen LogP contribution in [-0.2, 0) is 19.6 Å². The molecule has 1 saturated heterocycles. The highest BCUT2D eigenvalue weighted by atomic mass is 35.5. The number of hydrogen-bond acceptors (Lipinski definition) is 6. The monoisotopic (exact) mass is 479 g/mol. The molecule has 1 aliphatic heterocycles. The van der Waals surface area contributed by atoms with Gasteiger partial charge in [0.15, 0.2) is 6.10 Å². The molecule has 0 unspecified atom stereocenters. The van der Waals surface area contributed by atoms with Crippen molar-refractivity contribution in [3.8, 4) is 0 Å². The summed E-state index contributed by atoms with van der Waals surface area (Å²) in [7, 11) is -2.01. The molecule has 0 bridgehead atoms. The normalized spacial score (nSPS) is 15.6. The fraction of sp³-hybridized carbons (Fsp3) is 0.364. The van der Waals surface area contributed by atoms with Crippen LogP contribution in [0.1, 0.15) is 36.5 Å². The summed E-state index contributed by atoms with van der Waals surface area (Å²) in [6, 6.07) is 10.9. The topological polar surface area (TPSA) is 105 Å². The smallest absolute Gasteiger partial charge is 0.341 e. The highest BCUT2D eigenvalue weighted by Gasteiger charge is 2.27. The highest BCUT2D eigenvalue weighted by Crippen LogP contribution is 2.28. The number of esters is 1. The maximum Gasteiger partial charge on any atom is 0.341 e. The molecule has 10 heteroatoms. The van der Waals surface area contributed by atoms with E-state index < -0.39 is 28.0 Å². The van der Waals surface area contributed by atoms with Gasteiger partial charge in [0.1, 0.15) is 0 Å². The largest absolute Gasteiger partial charge is 0.449 e. The number of benzene rings is 2. The van der Waals surface area contributed by atoms with Gasteiger partial charge in [-0.25, -0.2) is 13.2 Å². The van der Waals surface area contributed by atoms with Gasteiger partial charge in [-0.05, 0) is 50.1 Å². The molecule has 0 aliphatic carbocycles. The zero-order valence-corrected chi connectivity index (χ0v) is 19.5. The Kier molecular flexibility index (Phi) is 7.76. The van der Waals surface area contributed by atoms with Gasteiger partial charge in [0.25, 0.3) is 5.91 Å². The van der Waals surface area contributed by atoms with Gasteiger partial charge >= 0.3 is 5.97 Å². The van der Waals surface area contributed by atoms with E-state index in [1.807, 2.05) is 0 Å². The Bertz CT molecular complexity index is 1100. The maximum absolute atomic E-state index is 12.9. The first-order valence-corrected chi connectivity index (χ1v) is 12.1. The number of ether oxygens (including phenoxy) is 1. The molecule has 0 aromatic heterocycles. The van der Waals surface area contributed by atoms with Crippen LogP contribution in [0.15, 0.2) is 47.4 Å². The quantitative estimate of drug-likeness (QED) is 0.586. The van der Waals surface area contributed by atoms with Gasteiger partial charge in [0.2, 0.25) is 10.0 Å². The lowest BCUT2D eigenvalue weighted by atomic mass is 10.2. The van der Waals surface area contributed by atoms with Crippen LogP contribution in [0, 0.1) is 0 Å². The van der Waals surface area contributed by atoms with Crippen LogP contribution in [0.25, 0.3) is 0 Å². The third-order valence-corrected chi connectivity index (χ3v) is 7.44. The van der Waals surface area contributed by atoms with Crippen molar-refractivity contribution in [3.63, 3.8) is 0 Å². The van der Waals surface area contributed by atoms with Crippen molar-refractivity contribution >= 4 is 44.9 Å². The summed E-state index contributed by atoms with van der Waals surface area (Å²) in [5.41, 5.74) is 0.999. The minimum Gasteiger partial charge on any atom is -0.449 e. The standard InChI is InChI=1S/C22H26ClN3O5S/c1-15(31-22(28)17-8-4-5-9-19(17)24-2)21(27)25-20-14-16(10-11-18(20)23)32(29,30)26-12-6-3-7-13-26/h4-5,8-11,14-15,24H,3,6-7,12-13H2,1-2H3,(H,25,27)/t15-/m0/s1. The zero-order valence-electron chi connectivity index (χ0n) is 17.9. The van der Waals surface area contributed by atoms with E-state index in [2.05, 4.69) is 10.6 Å². The minimum absolute atomic E-state index is 0.0479. The number of amides is 1. The Morgan fingerprint density at radius 2 is 1.75 bits per heavy atom. The molecule has 32 heavy (non-hydrogen) atoms.